The van der Waals surface area contributed by atoms with Gasteiger partial charge in [0.15, 0.2) is 4.96 Å². The molecule has 2 heterocycles. The SMILES string of the molecule is Cc1csc2nc(=O)cc(-c3ccccc3)n12. The van der Waals surface area contributed by atoms with Crippen LogP contribution in [0.15, 0.2) is 46.6 Å². The molecule has 3 rings (SSSR count). The van der Waals surface area contributed by atoms with E-state index < -0.39 is 0 Å². The molecule has 0 spiro atoms. The number of fused-ring (bicyclic) bond motifs is 1. The lowest BCUT2D eigenvalue weighted by molar-refractivity contribution is 1.06. The van der Waals surface area contributed by atoms with Crippen LogP contribution in [-0.2, 0) is 0 Å². The van der Waals surface area contributed by atoms with Crippen molar-refractivity contribution in [3.63, 3.8) is 0 Å². The summed E-state index contributed by atoms with van der Waals surface area (Å²) in [6, 6.07) is 11.5. The Kier molecular flexibility index (Phi) is 2.30. The summed E-state index contributed by atoms with van der Waals surface area (Å²) in [5.41, 5.74) is 2.84. The topological polar surface area (TPSA) is 34.4 Å². The van der Waals surface area contributed by atoms with E-state index in [0.29, 0.717) is 0 Å². The molecule has 0 aliphatic heterocycles. The summed E-state index contributed by atoms with van der Waals surface area (Å²) in [6.45, 7) is 2.02. The first-order valence-electron chi connectivity index (χ1n) is 5.29. The molecule has 0 aliphatic carbocycles. The van der Waals surface area contributed by atoms with Crippen LogP contribution in [0.5, 0.6) is 0 Å². The zero-order chi connectivity index (χ0) is 11.8. The molecular formula is C13H10N2OS. The molecule has 0 N–H and O–H groups in total. The summed E-state index contributed by atoms with van der Waals surface area (Å²) in [4.78, 5) is 16.3. The van der Waals surface area contributed by atoms with Crippen molar-refractivity contribution >= 4 is 16.3 Å². The van der Waals surface area contributed by atoms with Gasteiger partial charge in [-0.2, -0.15) is 4.98 Å². The Morgan fingerprint density at radius 3 is 2.76 bits per heavy atom. The molecule has 0 fully saturated rings. The maximum Gasteiger partial charge on any atom is 0.274 e. The summed E-state index contributed by atoms with van der Waals surface area (Å²) in [5.74, 6) is 0. The van der Waals surface area contributed by atoms with Crippen molar-refractivity contribution in [2.24, 2.45) is 0 Å². The molecule has 0 unspecified atom stereocenters. The largest absolute Gasteiger partial charge is 0.289 e. The van der Waals surface area contributed by atoms with Crippen LogP contribution in [0.2, 0.25) is 0 Å². The monoisotopic (exact) mass is 242 g/mol. The number of benzene rings is 1. The van der Waals surface area contributed by atoms with Crippen molar-refractivity contribution in [1.29, 1.82) is 0 Å². The molecule has 0 saturated carbocycles. The molecule has 17 heavy (non-hydrogen) atoms. The zero-order valence-electron chi connectivity index (χ0n) is 9.25. The Labute approximate surface area is 102 Å². The molecule has 0 atom stereocenters. The molecule has 84 valence electrons. The van der Waals surface area contributed by atoms with Gasteiger partial charge in [-0.1, -0.05) is 30.3 Å². The van der Waals surface area contributed by atoms with Gasteiger partial charge in [0.05, 0.1) is 5.69 Å². The Hall–Kier alpha value is -1.94. The highest BCUT2D eigenvalue weighted by Gasteiger charge is 2.08. The van der Waals surface area contributed by atoms with Crippen LogP contribution in [-0.4, -0.2) is 9.38 Å². The predicted octanol–water partition coefficient (Wildman–Crippen LogP) is 2.73. The van der Waals surface area contributed by atoms with Crippen LogP contribution >= 0.6 is 11.3 Å². The molecule has 3 nitrogen and oxygen atoms in total. The minimum absolute atomic E-state index is 0.189. The van der Waals surface area contributed by atoms with Crippen LogP contribution in [0.4, 0.5) is 0 Å². The van der Waals surface area contributed by atoms with E-state index in [-0.39, 0.29) is 5.56 Å². The summed E-state index contributed by atoms with van der Waals surface area (Å²) in [5, 5.41) is 2.01. The van der Waals surface area contributed by atoms with E-state index in [1.807, 2.05) is 47.0 Å². The molecule has 0 saturated heterocycles. The fraction of sp³-hybridized carbons (Fsp3) is 0.0769. The molecule has 0 bridgehead atoms. The van der Waals surface area contributed by atoms with Crippen molar-refractivity contribution < 1.29 is 0 Å². The fourth-order valence-electron chi connectivity index (χ4n) is 1.89. The highest BCUT2D eigenvalue weighted by atomic mass is 32.1. The highest BCUT2D eigenvalue weighted by Crippen LogP contribution is 2.22. The van der Waals surface area contributed by atoms with Crippen molar-refractivity contribution in [2.75, 3.05) is 0 Å². The fourth-order valence-corrected chi connectivity index (χ4v) is 2.76. The van der Waals surface area contributed by atoms with E-state index in [1.54, 1.807) is 6.07 Å². The third kappa shape index (κ3) is 1.66. The number of hydrogen-bond donors (Lipinski definition) is 0. The second-order valence-corrected chi connectivity index (χ2v) is 4.68. The number of rotatable bonds is 1. The number of nitrogens with zero attached hydrogens (tertiary/aromatic N) is 2. The molecule has 3 aromatic rings. The van der Waals surface area contributed by atoms with Gasteiger partial charge in [-0.15, -0.1) is 11.3 Å². The maximum absolute atomic E-state index is 11.6. The molecule has 0 aliphatic rings. The van der Waals surface area contributed by atoms with Gasteiger partial charge in [0.2, 0.25) is 0 Å². The zero-order valence-corrected chi connectivity index (χ0v) is 10.1. The van der Waals surface area contributed by atoms with Crippen LogP contribution < -0.4 is 5.56 Å². The van der Waals surface area contributed by atoms with Gasteiger partial charge in [-0.3, -0.25) is 9.20 Å². The second kappa shape index (κ2) is 3.82. The summed E-state index contributed by atoms with van der Waals surface area (Å²) in [6.07, 6.45) is 0. The molecule has 0 radical (unpaired) electrons. The van der Waals surface area contributed by atoms with Crippen LogP contribution in [0.25, 0.3) is 16.2 Å². The van der Waals surface area contributed by atoms with E-state index in [4.69, 9.17) is 0 Å². The first-order valence-corrected chi connectivity index (χ1v) is 6.17. The molecule has 0 amide bonds. The van der Waals surface area contributed by atoms with Gasteiger partial charge in [-0.25, -0.2) is 0 Å². The molecule has 4 heteroatoms. The summed E-state index contributed by atoms with van der Waals surface area (Å²) in [7, 11) is 0. The lowest BCUT2D eigenvalue weighted by Gasteiger charge is -2.06. The van der Waals surface area contributed by atoms with Crippen molar-refractivity contribution in [2.45, 2.75) is 6.92 Å². The minimum Gasteiger partial charge on any atom is -0.289 e. The molecule has 2 aromatic heterocycles. The third-order valence-corrected chi connectivity index (χ3v) is 3.60. The van der Waals surface area contributed by atoms with Gasteiger partial charge in [-0.05, 0) is 12.5 Å². The lowest BCUT2D eigenvalue weighted by atomic mass is 10.1. The highest BCUT2D eigenvalue weighted by molar-refractivity contribution is 7.15. The number of hydrogen-bond acceptors (Lipinski definition) is 3. The Morgan fingerprint density at radius 2 is 2.00 bits per heavy atom. The smallest absolute Gasteiger partial charge is 0.274 e. The maximum atomic E-state index is 11.6. The average Bonchev–Trinajstić information content (AvgIpc) is 2.71. The van der Waals surface area contributed by atoms with Crippen molar-refractivity contribution in [3.8, 4) is 11.3 Å². The van der Waals surface area contributed by atoms with E-state index in [9.17, 15) is 4.79 Å². The van der Waals surface area contributed by atoms with Crippen LogP contribution in [0.1, 0.15) is 5.69 Å². The number of aryl methyl sites for hydroxylation is 1. The van der Waals surface area contributed by atoms with Crippen LogP contribution in [0.3, 0.4) is 0 Å². The van der Waals surface area contributed by atoms with Gasteiger partial charge in [0.25, 0.3) is 5.56 Å². The Morgan fingerprint density at radius 1 is 1.24 bits per heavy atom. The Balaban J connectivity index is 2.43. The van der Waals surface area contributed by atoms with Crippen LogP contribution in [0, 0.1) is 6.92 Å². The summed E-state index contributed by atoms with van der Waals surface area (Å²) >= 11 is 1.49. The third-order valence-electron chi connectivity index (χ3n) is 2.66. The first kappa shape index (κ1) is 10.2. The van der Waals surface area contributed by atoms with E-state index >= 15 is 0 Å². The first-order chi connectivity index (χ1) is 8.25. The van der Waals surface area contributed by atoms with E-state index in [0.717, 1.165) is 21.9 Å². The quantitative estimate of drug-likeness (QED) is 0.657. The number of aromatic nitrogens is 2. The number of thiazole rings is 1. The van der Waals surface area contributed by atoms with Gasteiger partial charge < -0.3 is 0 Å². The van der Waals surface area contributed by atoms with Crippen molar-refractivity contribution in [1.82, 2.24) is 9.38 Å². The molecular weight excluding hydrogens is 232 g/mol. The second-order valence-electron chi connectivity index (χ2n) is 3.84. The van der Waals surface area contributed by atoms with E-state index in [2.05, 4.69) is 4.98 Å². The van der Waals surface area contributed by atoms with Crippen molar-refractivity contribution in [3.05, 3.63) is 57.8 Å². The predicted molar refractivity (Wildman–Crippen MR) is 69.5 cm³/mol. The summed E-state index contributed by atoms with van der Waals surface area (Å²) < 4.78 is 2.02. The average molecular weight is 242 g/mol. The van der Waals surface area contributed by atoms with Gasteiger partial charge >= 0.3 is 0 Å². The minimum atomic E-state index is -0.189. The standard InChI is InChI=1S/C13H10N2OS/c1-9-8-17-13-14-12(16)7-11(15(9)13)10-5-3-2-4-6-10/h2-8H,1H3. The Bertz CT molecular complexity index is 728. The normalized spacial score (nSPS) is 10.9. The van der Waals surface area contributed by atoms with Gasteiger partial charge in [0.1, 0.15) is 0 Å². The van der Waals surface area contributed by atoms with E-state index in [1.165, 1.54) is 11.3 Å². The molecule has 1 aromatic carbocycles. The lowest BCUT2D eigenvalue weighted by Crippen LogP contribution is -2.08. The van der Waals surface area contributed by atoms with Gasteiger partial charge in [0, 0.05) is 17.1 Å².